The van der Waals surface area contributed by atoms with Gasteiger partial charge in [0.1, 0.15) is 0 Å². The molecule has 0 saturated heterocycles. The van der Waals surface area contributed by atoms with Gasteiger partial charge in [-0.3, -0.25) is 0 Å². The largest absolute Gasteiger partial charge is 0.416 e. The highest BCUT2D eigenvalue weighted by Gasteiger charge is 2.44. The van der Waals surface area contributed by atoms with Crippen LogP contribution in [0.25, 0.3) is 0 Å². The third-order valence-electron chi connectivity index (χ3n) is 4.93. The molecular formula is C19H15ClF3N. The lowest BCUT2D eigenvalue weighted by molar-refractivity contribution is -0.138. The number of nitrogens with one attached hydrogen (secondary N) is 1. The van der Waals surface area contributed by atoms with Crippen LogP contribution in [0.15, 0.2) is 54.6 Å². The Morgan fingerprint density at radius 3 is 2.50 bits per heavy atom. The second-order valence-corrected chi connectivity index (χ2v) is 6.67. The van der Waals surface area contributed by atoms with E-state index in [1.807, 2.05) is 42.5 Å². The Morgan fingerprint density at radius 1 is 1.04 bits per heavy atom. The molecule has 0 fully saturated rings. The molecule has 0 aromatic heterocycles. The predicted molar refractivity (Wildman–Crippen MR) is 89.2 cm³/mol. The van der Waals surface area contributed by atoms with E-state index in [2.05, 4.69) is 5.32 Å². The lowest BCUT2D eigenvalue weighted by Gasteiger charge is -2.39. The zero-order chi connectivity index (χ0) is 16.9. The average Bonchev–Trinajstić information content (AvgIpc) is 3.04. The van der Waals surface area contributed by atoms with E-state index in [9.17, 15) is 13.2 Å². The molecular weight excluding hydrogens is 335 g/mol. The van der Waals surface area contributed by atoms with E-state index in [0.29, 0.717) is 10.7 Å². The topological polar surface area (TPSA) is 12.0 Å². The average molecular weight is 350 g/mol. The Hall–Kier alpha value is -1.94. The summed E-state index contributed by atoms with van der Waals surface area (Å²) in [7, 11) is 0. The SMILES string of the molecule is FC(F)(F)c1ccc(Cl)c2c1[C@@H]1C=CC[C@H]1[C@H](c1ccccc1)N2. The van der Waals surface area contributed by atoms with Crippen molar-refractivity contribution < 1.29 is 13.2 Å². The molecule has 1 N–H and O–H groups in total. The minimum atomic E-state index is -4.39. The molecule has 0 bridgehead atoms. The van der Waals surface area contributed by atoms with E-state index in [1.54, 1.807) is 0 Å². The summed E-state index contributed by atoms with van der Waals surface area (Å²) < 4.78 is 40.5. The minimum absolute atomic E-state index is 0.0551. The summed E-state index contributed by atoms with van der Waals surface area (Å²) in [5.74, 6) is -0.221. The second kappa shape index (κ2) is 5.55. The van der Waals surface area contributed by atoms with Crippen LogP contribution >= 0.6 is 11.6 Å². The van der Waals surface area contributed by atoms with Gasteiger partial charge in [-0.05, 0) is 35.6 Å². The van der Waals surface area contributed by atoms with Gasteiger partial charge in [0.15, 0.2) is 0 Å². The fourth-order valence-corrected chi connectivity index (χ4v) is 4.13. The van der Waals surface area contributed by atoms with Crippen molar-refractivity contribution in [1.82, 2.24) is 0 Å². The van der Waals surface area contributed by atoms with Crippen LogP contribution in [0.1, 0.15) is 35.1 Å². The van der Waals surface area contributed by atoms with Gasteiger partial charge >= 0.3 is 6.18 Å². The monoisotopic (exact) mass is 349 g/mol. The van der Waals surface area contributed by atoms with Gasteiger partial charge in [-0.25, -0.2) is 0 Å². The van der Waals surface area contributed by atoms with Gasteiger partial charge in [-0.2, -0.15) is 13.2 Å². The Morgan fingerprint density at radius 2 is 1.79 bits per heavy atom. The van der Waals surface area contributed by atoms with E-state index in [4.69, 9.17) is 11.6 Å². The summed E-state index contributed by atoms with van der Waals surface area (Å²) >= 11 is 6.25. The second-order valence-electron chi connectivity index (χ2n) is 6.27. The maximum absolute atomic E-state index is 13.5. The number of fused-ring (bicyclic) bond motifs is 3. The molecule has 124 valence electrons. The van der Waals surface area contributed by atoms with E-state index in [1.165, 1.54) is 6.07 Å². The van der Waals surface area contributed by atoms with Crippen LogP contribution in [0.5, 0.6) is 0 Å². The Labute approximate surface area is 143 Å². The van der Waals surface area contributed by atoms with Crippen molar-refractivity contribution >= 4 is 17.3 Å². The normalized spacial score (nSPS) is 25.1. The molecule has 0 saturated carbocycles. The Kier molecular flexibility index (Phi) is 3.61. The number of allylic oxidation sites excluding steroid dienone is 2. The molecule has 1 nitrogen and oxygen atoms in total. The zero-order valence-electron chi connectivity index (χ0n) is 12.6. The van der Waals surface area contributed by atoms with Crippen molar-refractivity contribution in [2.24, 2.45) is 5.92 Å². The van der Waals surface area contributed by atoms with E-state index in [-0.39, 0.29) is 23.4 Å². The first kappa shape index (κ1) is 15.6. The molecule has 0 amide bonds. The smallest absolute Gasteiger partial charge is 0.376 e. The molecule has 0 radical (unpaired) electrons. The molecule has 2 aliphatic rings. The lowest BCUT2D eigenvalue weighted by Crippen LogP contribution is -2.31. The molecule has 4 rings (SSSR count). The van der Waals surface area contributed by atoms with Crippen molar-refractivity contribution in [1.29, 1.82) is 0 Å². The minimum Gasteiger partial charge on any atom is -0.376 e. The molecule has 1 heterocycles. The van der Waals surface area contributed by atoms with Crippen LogP contribution in [0, 0.1) is 5.92 Å². The molecule has 1 aliphatic carbocycles. The molecule has 1 aliphatic heterocycles. The number of halogens is 4. The summed E-state index contributed by atoms with van der Waals surface area (Å²) in [5.41, 5.74) is 1.16. The van der Waals surface area contributed by atoms with Gasteiger partial charge in [0.2, 0.25) is 0 Å². The van der Waals surface area contributed by atoms with Gasteiger partial charge in [-0.15, -0.1) is 0 Å². The van der Waals surface area contributed by atoms with Crippen molar-refractivity contribution in [3.63, 3.8) is 0 Å². The van der Waals surface area contributed by atoms with Gasteiger partial charge < -0.3 is 5.32 Å². The first-order chi connectivity index (χ1) is 11.5. The van der Waals surface area contributed by atoms with Crippen molar-refractivity contribution in [3.05, 3.63) is 76.3 Å². The molecule has 2 aromatic rings. The summed E-state index contributed by atoms with van der Waals surface area (Å²) in [6.07, 6.45) is 0.229. The van der Waals surface area contributed by atoms with Gasteiger partial charge in [0.25, 0.3) is 0 Å². The van der Waals surface area contributed by atoms with E-state index < -0.39 is 11.7 Å². The molecule has 0 unspecified atom stereocenters. The molecule has 2 aromatic carbocycles. The standard InChI is InChI=1S/C19H15ClF3N/c20-15-10-9-14(19(21,22)23)16-12-7-4-8-13(12)17(24-18(15)16)11-5-2-1-3-6-11/h1-7,9-10,12-13,17,24H,8H2/t12-,13-,17+/m1/s1. The van der Waals surface area contributed by atoms with Crippen molar-refractivity contribution in [2.75, 3.05) is 5.32 Å². The van der Waals surface area contributed by atoms with Crippen molar-refractivity contribution in [3.8, 4) is 0 Å². The van der Waals surface area contributed by atoms with Crippen LogP contribution in [-0.2, 0) is 6.18 Å². The van der Waals surface area contributed by atoms with Crippen LogP contribution in [0.4, 0.5) is 18.9 Å². The highest BCUT2D eigenvalue weighted by molar-refractivity contribution is 6.33. The van der Waals surface area contributed by atoms with Gasteiger partial charge in [0, 0.05) is 5.92 Å². The fourth-order valence-electron chi connectivity index (χ4n) is 3.91. The highest BCUT2D eigenvalue weighted by atomic mass is 35.5. The maximum Gasteiger partial charge on any atom is 0.416 e. The van der Waals surface area contributed by atoms with E-state index in [0.717, 1.165) is 18.1 Å². The summed E-state index contributed by atoms with van der Waals surface area (Å²) in [6, 6.07) is 12.2. The molecule has 24 heavy (non-hydrogen) atoms. The zero-order valence-corrected chi connectivity index (χ0v) is 13.4. The number of anilines is 1. The number of hydrogen-bond donors (Lipinski definition) is 1. The first-order valence-corrected chi connectivity index (χ1v) is 8.22. The number of benzene rings is 2. The Balaban J connectivity index is 1.89. The first-order valence-electron chi connectivity index (χ1n) is 7.84. The molecule has 0 spiro atoms. The van der Waals surface area contributed by atoms with Crippen LogP contribution in [0.3, 0.4) is 0 Å². The number of alkyl halides is 3. The van der Waals surface area contributed by atoms with Gasteiger partial charge in [-0.1, -0.05) is 54.1 Å². The quantitative estimate of drug-likeness (QED) is 0.606. The third kappa shape index (κ3) is 2.40. The maximum atomic E-state index is 13.5. The van der Waals surface area contributed by atoms with Crippen LogP contribution < -0.4 is 5.32 Å². The summed E-state index contributed by atoms with van der Waals surface area (Å²) in [6.45, 7) is 0. The van der Waals surface area contributed by atoms with Crippen molar-refractivity contribution in [2.45, 2.75) is 24.6 Å². The highest BCUT2D eigenvalue weighted by Crippen LogP contribution is 2.54. The van der Waals surface area contributed by atoms with Gasteiger partial charge in [0.05, 0.1) is 22.3 Å². The van der Waals surface area contributed by atoms with Crippen LogP contribution in [0.2, 0.25) is 5.02 Å². The number of rotatable bonds is 1. The lowest BCUT2D eigenvalue weighted by atomic mass is 9.75. The number of hydrogen-bond acceptors (Lipinski definition) is 1. The molecule has 5 heteroatoms. The predicted octanol–water partition coefficient (Wildman–Crippen LogP) is 6.19. The van der Waals surface area contributed by atoms with Crippen LogP contribution in [-0.4, -0.2) is 0 Å². The van der Waals surface area contributed by atoms with E-state index >= 15 is 0 Å². The Bertz CT molecular complexity index is 798. The summed E-state index contributed by atoms with van der Waals surface area (Å²) in [4.78, 5) is 0. The molecule has 3 atom stereocenters. The summed E-state index contributed by atoms with van der Waals surface area (Å²) in [5, 5.41) is 3.62. The fraction of sp³-hybridized carbons (Fsp3) is 0.263. The third-order valence-corrected chi connectivity index (χ3v) is 5.25.